The van der Waals surface area contributed by atoms with E-state index in [0.717, 1.165) is 21.5 Å². The Balaban J connectivity index is 2.04. The van der Waals surface area contributed by atoms with E-state index in [2.05, 4.69) is 20.9 Å². The highest BCUT2D eigenvalue weighted by molar-refractivity contribution is 9.10. The third kappa shape index (κ3) is 2.74. The van der Waals surface area contributed by atoms with Crippen LogP contribution in [0.2, 0.25) is 0 Å². The average Bonchev–Trinajstić information content (AvgIpc) is 2.63. The fourth-order valence-electron chi connectivity index (χ4n) is 1.32. The third-order valence-electron chi connectivity index (χ3n) is 2.08. The molecule has 16 heavy (non-hydrogen) atoms. The number of nitrogen functional groups attached to an aromatic ring is 1. The Morgan fingerprint density at radius 2 is 2.31 bits per heavy atom. The van der Waals surface area contributed by atoms with Crippen LogP contribution >= 0.6 is 27.3 Å². The lowest BCUT2D eigenvalue weighted by molar-refractivity contribution is 0.300. The van der Waals surface area contributed by atoms with Gasteiger partial charge in [0.15, 0.2) is 5.13 Å². The number of nitrogens with zero attached hydrogens (tertiary/aromatic N) is 1. The van der Waals surface area contributed by atoms with Crippen molar-refractivity contribution in [3.8, 4) is 5.75 Å². The first kappa shape index (κ1) is 11.4. The summed E-state index contributed by atoms with van der Waals surface area (Å²) in [6.07, 6.45) is 0. The van der Waals surface area contributed by atoms with Gasteiger partial charge in [0.1, 0.15) is 12.4 Å². The van der Waals surface area contributed by atoms with Crippen molar-refractivity contribution in [3.05, 3.63) is 39.3 Å². The van der Waals surface area contributed by atoms with Gasteiger partial charge in [-0.25, -0.2) is 4.98 Å². The second-order valence-corrected chi connectivity index (χ2v) is 5.18. The molecule has 0 unspecified atom stereocenters. The highest BCUT2D eigenvalue weighted by Crippen LogP contribution is 2.23. The van der Waals surface area contributed by atoms with Crippen molar-refractivity contribution >= 4 is 32.4 Å². The number of hydrogen-bond donors (Lipinski definition) is 1. The molecule has 0 fully saturated rings. The number of rotatable bonds is 3. The van der Waals surface area contributed by atoms with Crippen molar-refractivity contribution in [2.75, 3.05) is 5.73 Å². The van der Waals surface area contributed by atoms with Crippen LogP contribution in [0.1, 0.15) is 11.3 Å². The minimum atomic E-state index is 0.455. The standard InChI is InChI=1S/C11H11BrN2OS/c1-7-4-8(12)2-3-10(7)15-5-9-6-16-11(13)14-9/h2-4,6H,5H2,1H3,(H2,13,14). The van der Waals surface area contributed by atoms with Gasteiger partial charge in [0.2, 0.25) is 0 Å². The van der Waals surface area contributed by atoms with E-state index in [1.807, 2.05) is 30.5 Å². The Kier molecular flexibility index (Phi) is 3.46. The van der Waals surface area contributed by atoms with Crippen LogP contribution < -0.4 is 10.5 Å². The Hall–Kier alpha value is -1.07. The molecular formula is C11H11BrN2OS. The third-order valence-corrected chi connectivity index (χ3v) is 3.30. The molecule has 1 aromatic heterocycles. The summed E-state index contributed by atoms with van der Waals surface area (Å²) < 4.78 is 6.71. The number of anilines is 1. The van der Waals surface area contributed by atoms with Gasteiger partial charge in [-0.05, 0) is 30.7 Å². The summed E-state index contributed by atoms with van der Waals surface area (Å²) in [5, 5.41) is 2.48. The summed E-state index contributed by atoms with van der Waals surface area (Å²) in [5.41, 5.74) is 7.50. The molecular weight excluding hydrogens is 288 g/mol. The number of ether oxygens (including phenoxy) is 1. The van der Waals surface area contributed by atoms with Crippen LogP contribution in [0.5, 0.6) is 5.75 Å². The van der Waals surface area contributed by atoms with Gasteiger partial charge in [0.25, 0.3) is 0 Å². The van der Waals surface area contributed by atoms with Crippen molar-refractivity contribution in [3.63, 3.8) is 0 Å². The van der Waals surface area contributed by atoms with Crippen molar-refractivity contribution in [2.24, 2.45) is 0 Å². The summed E-state index contributed by atoms with van der Waals surface area (Å²) in [6.45, 7) is 2.46. The summed E-state index contributed by atoms with van der Waals surface area (Å²) in [6, 6.07) is 5.91. The Morgan fingerprint density at radius 3 is 2.94 bits per heavy atom. The van der Waals surface area contributed by atoms with Gasteiger partial charge in [0.05, 0.1) is 5.69 Å². The van der Waals surface area contributed by atoms with Crippen molar-refractivity contribution in [2.45, 2.75) is 13.5 Å². The molecule has 2 aromatic rings. The number of hydrogen-bond acceptors (Lipinski definition) is 4. The number of thiazole rings is 1. The molecule has 0 saturated heterocycles. The maximum Gasteiger partial charge on any atom is 0.180 e. The zero-order valence-electron chi connectivity index (χ0n) is 8.74. The van der Waals surface area contributed by atoms with E-state index in [1.165, 1.54) is 11.3 Å². The van der Waals surface area contributed by atoms with Gasteiger partial charge in [-0.2, -0.15) is 0 Å². The van der Waals surface area contributed by atoms with Crippen molar-refractivity contribution in [1.82, 2.24) is 4.98 Å². The molecule has 0 radical (unpaired) electrons. The van der Waals surface area contributed by atoms with E-state index in [-0.39, 0.29) is 0 Å². The van der Waals surface area contributed by atoms with Crippen LogP contribution in [0, 0.1) is 6.92 Å². The molecule has 2 N–H and O–H groups in total. The molecule has 1 heterocycles. The lowest BCUT2D eigenvalue weighted by atomic mass is 10.2. The maximum atomic E-state index is 5.66. The number of benzene rings is 1. The van der Waals surface area contributed by atoms with E-state index in [0.29, 0.717) is 11.7 Å². The van der Waals surface area contributed by atoms with Crippen LogP contribution in [0.3, 0.4) is 0 Å². The quantitative estimate of drug-likeness (QED) is 0.945. The SMILES string of the molecule is Cc1cc(Br)ccc1OCc1csc(N)n1. The molecule has 0 aliphatic carbocycles. The van der Waals surface area contributed by atoms with Gasteiger partial charge in [-0.1, -0.05) is 15.9 Å². The number of halogens is 1. The molecule has 0 aliphatic heterocycles. The van der Waals surface area contributed by atoms with Gasteiger partial charge in [0, 0.05) is 9.85 Å². The fraction of sp³-hybridized carbons (Fsp3) is 0.182. The predicted octanol–water partition coefficient (Wildman–Crippen LogP) is 3.38. The minimum Gasteiger partial charge on any atom is -0.487 e. The first-order valence-corrected chi connectivity index (χ1v) is 6.41. The van der Waals surface area contributed by atoms with Gasteiger partial charge in [-0.15, -0.1) is 11.3 Å². The monoisotopic (exact) mass is 298 g/mol. The van der Waals surface area contributed by atoms with Crippen molar-refractivity contribution in [1.29, 1.82) is 0 Å². The van der Waals surface area contributed by atoms with Crippen LogP contribution in [0.25, 0.3) is 0 Å². The summed E-state index contributed by atoms with van der Waals surface area (Å²) >= 11 is 4.84. The lowest BCUT2D eigenvalue weighted by Crippen LogP contribution is -1.97. The molecule has 3 nitrogen and oxygen atoms in total. The summed E-state index contributed by atoms with van der Waals surface area (Å²) in [5.74, 6) is 0.870. The number of aromatic nitrogens is 1. The Labute approximate surface area is 106 Å². The van der Waals surface area contributed by atoms with E-state index in [1.54, 1.807) is 0 Å². The van der Waals surface area contributed by atoms with Crippen LogP contribution in [-0.2, 0) is 6.61 Å². The van der Waals surface area contributed by atoms with E-state index in [4.69, 9.17) is 10.5 Å². The largest absolute Gasteiger partial charge is 0.487 e. The van der Waals surface area contributed by atoms with Gasteiger partial charge >= 0.3 is 0 Å². The molecule has 5 heteroatoms. The van der Waals surface area contributed by atoms with E-state index >= 15 is 0 Å². The van der Waals surface area contributed by atoms with Crippen LogP contribution in [-0.4, -0.2) is 4.98 Å². The molecule has 2 rings (SSSR count). The minimum absolute atomic E-state index is 0.455. The smallest absolute Gasteiger partial charge is 0.180 e. The number of aryl methyl sites for hydroxylation is 1. The van der Waals surface area contributed by atoms with Gasteiger partial charge < -0.3 is 10.5 Å². The summed E-state index contributed by atoms with van der Waals surface area (Å²) in [7, 11) is 0. The maximum absolute atomic E-state index is 5.66. The average molecular weight is 299 g/mol. The molecule has 0 aliphatic rings. The van der Waals surface area contributed by atoms with Crippen LogP contribution in [0.15, 0.2) is 28.1 Å². The normalized spacial score (nSPS) is 10.4. The highest BCUT2D eigenvalue weighted by atomic mass is 79.9. The first-order valence-electron chi connectivity index (χ1n) is 4.74. The highest BCUT2D eigenvalue weighted by Gasteiger charge is 2.03. The second kappa shape index (κ2) is 4.84. The van der Waals surface area contributed by atoms with E-state index in [9.17, 15) is 0 Å². The van der Waals surface area contributed by atoms with Gasteiger partial charge in [-0.3, -0.25) is 0 Å². The Morgan fingerprint density at radius 1 is 1.50 bits per heavy atom. The summed E-state index contributed by atoms with van der Waals surface area (Å²) in [4.78, 5) is 4.14. The second-order valence-electron chi connectivity index (χ2n) is 3.38. The Bertz CT molecular complexity index is 498. The molecule has 84 valence electrons. The topological polar surface area (TPSA) is 48.1 Å². The van der Waals surface area contributed by atoms with Crippen molar-refractivity contribution < 1.29 is 4.74 Å². The zero-order chi connectivity index (χ0) is 11.5. The lowest BCUT2D eigenvalue weighted by Gasteiger charge is -2.07. The number of nitrogens with two attached hydrogens (primary N) is 1. The molecule has 0 spiro atoms. The van der Waals surface area contributed by atoms with E-state index < -0.39 is 0 Å². The molecule has 1 aromatic carbocycles. The molecule has 0 bridgehead atoms. The van der Waals surface area contributed by atoms with Crippen LogP contribution in [0.4, 0.5) is 5.13 Å². The fourth-order valence-corrected chi connectivity index (χ4v) is 2.34. The molecule has 0 atom stereocenters. The zero-order valence-corrected chi connectivity index (χ0v) is 11.1. The molecule has 0 saturated carbocycles. The molecule has 0 amide bonds. The predicted molar refractivity (Wildman–Crippen MR) is 69.7 cm³/mol. The first-order chi connectivity index (χ1) is 7.65.